The third-order valence-corrected chi connectivity index (χ3v) is 13.1. The molecular weight excluding hydrogens is 467 g/mol. The van der Waals surface area contributed by atoms with E-state index in [0.29, 0.717) is 28.9 Å². The quantitative estimate of drug-likeness (QED) is 0.314. The van der Waals surface area contributed by atoms with Gasteiger partial charge in [-0.05, 0) is 76.4 Å². The van der Waals surface area contributed by atoms with Gasteiger partial charge in [0.1, 0.15) is 5.78 Å². The largest absolute Gasteiger partial charge is 0.300 e. The van der Waals surface area contributed by atoms with Gasteiger partial charge in [0.05, 0.1) is 0 Å². The number of carbonyl (C=O) groups excluding carboxylic acids is 1. The summed E-state index contributed by atoms with van der Waals surface area (Å²) >= 11 is 0. The summed E-state index contributed by atoms with van der Waals surface area (Å²) in [6, 6.07) is 29.2. The van der Waals surface area contributed by atoms with E-state index in [1.165, 1.54) is 86.5 Å². The molecule has 3 fully saturated rings. The fraction of sp³-hybridized carbons (Fsp3) is 0.457. The number of hydrogen-bond donors (Lipinski definition) is 0. The molecule has 0 amide bonds. The molecule has 1 heterocycles. The van der Waals surface area contributed by atoms with Crippen LogP contribution in [0.25, 0.3) is 22.3 Å². The lowest BCUT2D eigenvalue weighted by atomic mass is 9.82. The summed E-state index contributed by atoms with van der Waals surface area (Å²) < 4.78 is 0. The SMILES string of the molecule is O=C1CC(C2CCCCC2)P(c2c(-c3ccccc3)cccc2-c2ccccc2)C(C2CCCCC2)C1. The van der Waals surface area contributed by atoms with Gasteiger partial charge >= 0.3 is 0 Å². The van der Waals surface area contributed by atoms with Crippen molar-refractivity contribution in [1.82, 2.24) is 0 Å². The van der Waals surface area contributed by atoms with E-state index < -0.39 is 7.92 Å². The van der Waals surface area contributed by atoms with Crippen molar-refractivity contribution in [3.63, 3.8) is 0 Å². The maximum absolute atomic E-state index is 13.5. The van der Waals surface area contributed by atoms with Gasteiger partial charge in [-0.3, -0.25) is 4.79 Å². The lowest BCUT2D eigenvalue weighted by molar-refractivity contribution is -0.119. The Morgan fingerprint density at radius 2 is 0.946 bits per heavy atom. The molecule has 2 atom stereocenters. The molecule has 0 bridgehead atoms. The lowest BCUT2D eigenvalue weighted by Crippen LogP contribution is -2.41. The molecule has 0 radical (unpaired) electrons. The lowest BCUT2D eigenvalue weighted by Gasteiger charge is -2.48. The van der Waals surface area contributed by atoms with Gasteiger partial charge in [0, 0.05) is 12.8 Å². The number of ketones is 1. The van der Waals surface area contributed by atoms with E-state index in [9.17, 15) is 4.79 Å². The summed E-state index contributed by atoms with van der Waals surface area (Å²) in [5.74, 6) is 1.98. The van der Waals surface area contributed by atoms with Crippen LogP contribution in [0.2, 0.25) is 0 Å². The standard InChI is InChI=1S/C35H41OP/c36-30-24-33(28-18-9-3-10-19-28)37(34(25-30)29-20-11-4-12-21-29)35-31(26-14-5-1-6-15-26)22-13-23-32(35)27-16-7-2-8-17-27/h1-2,5-8,13-17,22-23,28-29,33-34H,3-4,9-12,18-21,24-25H2. The second kappa shape index (κ2) is 11.7. The van der Waals surface area contributed by atoms with E-state index in [1.54, 1.807) is 5.30 Å². The van der Waals surface area contributed by atoms with E-state index in [-0.39, 0.29) is 0 Å². The van der Waals surface area contributed by atoms with E-state index >= 15 is 0 Å². The minimum Gasteiger partial charge on any atom is -0.300 e. The fourth-order valence-corrected chi connectivity index (χ4v) is 12.1. The second-order valence-electron chi connectivity index (χ2n) is 11.7. The minimum absolute atomic E-state index is 0.476. The number of hydrogen-bond acceptors (Lipinski definition) is 1. The van der Waals surface area contributed by atoms with Gasteiger partial charge in [-0.1, -0.05) is 125 Å². The van der Waals surface area contributed by atoms with E-state index in [1.807, 2.05) is 0 Å². The van der Waals surface area contributed by atoms with Crippen molar-refractivity contribution in [1.29, 1.82) is 0 Å². The van der Waals surface area contributed by atoms with Crippen molar-refractivity contribution in [2.24, 2.45) is 11.8 Å². The zero-order chi connectivity index (χ0) is 25.0. The van der Waals surface area contributed by atoms with Gasteiger partial charge in [0.25, 0.3) is 0 Å². The monoisotopic (exact) mass is 508 g/mol. The second-order valence-corrected chi connectivity index (χ2v) is 14.3. The third kappa shape index (κ3) is 5.35. The highest BCUT2D eigenvalue weighted by molar-refractivity contribution is 7.68. The summed E-state index contributed by atoms with van der Waals surface area (Å²) in [4.78, 5) is 13.5. The predicted molar refractivity (Wildman–Crippen MR) is 159 cm³/mol. The Hall–Kier alpha value is -2.24. The van der Waals surface area contributed by atoms with Crippen LogP contribution < -0.4 is 5.30 Å². The summed E-state index contributed by atoms with van der Waals surface area (Å²) in [5, 5.41) is 1.61. The van der Waals surface area contributed by atoms with Crippen LogP contribution in [0.1, 0.15) is 77.0 Å². The average molecular weight is 509 g/mol. The fourth-order valence-electron chi connectivity index (χ4n) is 7.67. The smallest absolute Gasteiger partial charge is 0.134 e. The summed E-state index contributed by atoms with van der Waals surface area (Å²) in [7, 11) is -0.476. The highest BCUT2D eigenvalue weighted by Crippen LogP contribution is 2.62. The molecule has 3 aliphatic rings. The number of rotatable bonds is 5. The number of benzene rings is 3. The molecule has 1 nitrogen and oxygen atoms in total. The first-order chi connectivity index (χ1) is 18.3. The zero-order valence-corrected chi connectivity index (χ0v) is 23.1. The Kier molecular flexibility index (Phi) is 7.89. The molecule has 0 aromatic heterocycles. The Balaban J connectivity index is 1.56. The first kappa shape index (κ1) is 25.1. The average Bonchev–Trinajstić information content (AvgIpc) is 2.98. The van der Waals surface area contributed by atoms with Crippen molar-refractivity contribution in [2.75, 3.05) is 0 Å². The van der Waals surface area contributed by atoms with Crippen LogP contribution in [-0.2, 0) is 4.79 Å². The van der Waals surface area contributed by atoms with Gasteiger partial charge in [-0.25, -0.2) is 0 Å². The molecule has 0 N–H and O–H groups in total. The minimum atomic E-state index is -0.476. The van der Waals surface area contributed by atoms with Crippen molar-refractivity contribution >= 4 is 19.0 Å². The predicted octanol–water partition coefficient (Wildman–Crippen LogP) is 9.39. The number of carbonyl (C=O) groups is 1. The van der Waals surface area contributed by atoms with Crippen LogP contribution in [0.15, 0.2) is 78.9 Å². The Bertz CT molecular complexity index is 1090. The molecule has 1 saturated heterocycles. The molecule has 3 aromatic rings. The van der Waals surface area contributed by atoms with Crippen LogP contribution in [0.3, 0.4) is 0 Å². The van der Waals surface area contributed by atoms with Crippen LogP contribution in [0.5, 0.6) is 0 Å². The normalized spacial score (nSPS) is 25.7. The molecular formula is C35H41OP. The van der Waals surface area contributed by atoms with Crippen LogP contribution in [-0.4, -0.2) is 17.1 Å². The first-order valence-corrected chi connectivity index (χ1v) is 16.3. The van der Waals surface area contributed by atoms with Crippen molar-refractivity contribution in [3.05, 3.63) is 78.9 Å². The summed E-state index contributed by atoms with van der Waals surface area (Å²) in [6.07, 6.45) is 15.0. The van der Waals surface area contributed by atoms with Crippen LogP contribution >= 0.6 is 7.92 Å². The maximum atomic E-state index is 13.5. The highest BCUT2D eigenvalue weighted by Gasteiger charge is 2.46. The summed E-state index contributed by atoms with van der Waals surface area (Å²) in [6.45, 7) is 0. The van der Waals surface area contributed by atoms with Crippen LogP contribution in [0, 0.1) is 11.8 Å². The zero-order valence-electron chi connectivity index (χ0n) is 22.2. The van der Waals surface area contributed by atoms with Crippen LogP contribution in [0.4, 0.5) is 0 Å². The maximum Gasteiger partial charge on any atom is 0.134 e. The van der Waals surface area contributed by atoms with Crippen molar-refractivity contribution < 1.29 is 4.79 Å². The molecule has 2 heteroatoms. The van der Waals surface area contributed by atoms with Gasteiger partial charge in [-0.15, -0.1) is 0 Å². The molecule has 37 heavy (non-hydrogen) atoms. The van der Waals surface area contributed by atoms with Crippen molar-refractivity contribution in [3.8, 4) is 22.3 Å². The molecule has 2 saturated carbocycles. The highest BCUT2D eigenvalue weighted by atomic mass is 31.1. The molecule has 0 spiro atoms. The first-order valence-electron chi connectivity index (χ1n) is 14.8. The Labute approximate surface area is 224 Å². The molecule has 1 aliphatic heterocycles. The molecule has 3 aromatic carbocycles. The van der Waals surface area contributed by atoms with E-state index in [4.69, 9.17) is 0 Å². The molecule has 2 unspecified atom stereocenters. The molecule has 192 valence electrons. The van der Waals surface area contributed by atoms with Gasteiger partial charge in [-0.2, -0.15) is 0 Å². The van der Waals surface area contributed by atoms with Gasteiger partial charge in [0.15, 0.2) is 0 Å². The topological polar surface area (TPSA) is 17.1 Å². The molecule has 6 rings (SSSR count). The Morgan fingerprint density at radius 1 is 0.514 bits per heavy atom. The third-order valence-electron chi connectivity index (χ3n) is 9.44. The molecule has 2 aliphatic carbocycles. The summed E-state index contributed by atoms with van der Waals surface area (Å²) in [5.41, 5.74) is 6.58. The van der Waals surface area contributed by atoms with Crippen molar-refractivity contribution in [2.45, 2.75) is 88.4 Å². The Morgan fingerprint density at radius 3 is 1.38 bits per heavy atom. The van der Waals surface area contributed by atoms with Gasteiger partial charge in [0.2, 0.25) is 0 Å². The van der Waals surface area contributed by atoms with E-state index in [2.05, 4.69) is 78.9 Å². The van der Waals surface area contributed by atoms with Gasteiger partial charge < -0.3 is 0 Å². The number of Topliss-reactive ketones (excluding diaryl/α,β-unsaturated/α-hetero) is 1. The van der Waals surface area contributed by atoms with E-state index in [0.717, 1.165) is 12.8 Å².